The second-order valence-corrected chi connectivity index (χ2v) is 7.26. The monoisotopic (exact) mass is 348 g/mol. The number of nitrogens with zero attached hydrogens (tertiary/aromatic N) is 4. The molecular weight excluding hydrogens is 327 g/mol. The Labute approximate surface area is 152 Å². The first kappa shape index (κ1) is 15.4. The number of fused-ring (bicyclic) bond motifs is 1. The van der Waals surface area contributed by atoms with Crippen LogP contribution in [0.25, 0.3) is 11.4 Å². The van der Waals surface area contributed by atoms with Crippen molar-refractivity contribution in [2.75, 3.05) is 17.1 Å². The van der Waals surface area contributed by atoms with Gasteiger partial charge in [0, 0.05) is 32.1 Å². The first-order valence-corrected chi connectivity index (χ1v) is 9.03. The molecule has 2 aromatic carbocycles. The first-order valence-electron chi connectivity index (χ1n) is 9.03. The summed E-state index contributed by atoms with van der Waals surface area (Å²) < 4.78 is 15.4. The van der Waals surface area contributed by atoms with Gasteiger partial charge in [0.2, 0.25) is 0 Å². The highest BCUT2D eigenvalue weighted by Crippen LogP contribution is 2.47. The van der Waals surface area contributed by atoms with Crippen LogP contribution in [0.1, 0.15) is 29.9 Å². The van der Waals surface area contributed by atoms with Crippen molar-refractivity contribution >= 4 is 11.4 Å². The minimum atomic E-state index is -0.207. The number of hydrazine groups is 1. The zero-order chi connectivity index (χ0) is 17.8. The summed E-state index contributed by atoms with van der Waals surface area (Å²) in [6, 6.07) is 11.3. The molecule has 0 spiro atoms. The smallest absolute Gasteiger partial charge is 0.139 e. The van der Waals surface area contributed by atoms with Crippen molar-refractivity contribution in [2.24, 2.45) is 7.05 Å². The predicted octanol–water partition coefficient (Wildman–Crippen LogP) is 4.48. The summed E-state index contributed by atoms with van der Waals surface area (Å²) >= 11 is 0. The van der Waals surface area contributed by atoms with Crippen LogP contribution in [-0.4, -0.2) is 16.6 Å². The third-order valence-corrected chi connectivity index (χ3v) is 5.49. The van der Waals surface area contributed by atoms with E-state index < -0.39 is 0 Å². The Bertz CT molecular complexity index is 972. The summed E-state index contributed by atoms with van der Waals surface area (Å²) in [6.45, 7) is 0.804. The third kappa shape index (κ3) is 2.38. The van der Waals surface area contributed by atoms with E-state index in [4.69, 9.17) is 0 Å². The molecule has 0 unspecified atom stereocenters. The molecule has 5 rings (SSSR count). The van der Waals surface area contributed by atoms with Crippen LogP contribution >= 0.6 is 0 Å². The van der Waals surface area contributed by atoms with Crippen molar-refractivity contribution in [3.05, 3.63) is 65.7 Å². The number of halogens is 1. The van der Waals surface area contributed by atoms with Crippen LogP contribution in [0.5, 0.6) is 0 Å². The van der Waals surface area contributed by atoms with Gasteiger partial charge in [0.1, 0.15) is 11.6 Å². The maximum atomic E-state index is 13.3. The van der Waals surface area contributed by atoms with Crippen molar-refractivity contribution < 1.29 is 4.39 Å². The van der Waals surface area contributed by atoms with Gasteiger partial charge >= 0.3 is 0 Å². The topological polar surface area (TPSA) is 24.3 Å². The largest absolute Gasteiger partial charge is 0.334 e. The van der Waals surface area contributed by atoms with Gasteiger partial charge in [0.05, 0.1) is 17.9 Å². The Morgan fingerprint density at radius 1 is 1.08 bits per heavy atom. The number of rotatable bonds is 3. The van der Waals surface area contributed by atoms with Gasteiger partial charge in [0.25, 0.3) is 0 Å². The molecule has 3 aromatic rings. The van der Waals surface area contributed by atoms with E-state index in [9.17, 15) is 4.39 Å². The number of anilines is 2. The maximum absolute atomic E-state index is 13.3. The molecule has 1 aliphatic carbocycles. The molecule has 1 saturated carbocycles. The predicted molar refractivity (Wildman–Crippen MR) is 102 cm³/mol. The molecule has 2 heterocycles. The molecule has 0 N–H and O–H groups in total. The molecule has 1 aromatic heterocycles. The number of aryl methyl sites for hydroxylation is 1. The van der Waals surface area contributed by atoms with E-state index in [1.807, 2.05) is 31.6 Å². The molecule has 0 bridgehead atoms. The van der Waals surface area contributed by atoms with Crippen LogP contribution < -0.4 is 10.0 Å². The Morgan fingerprint density at radius 3 is 2.50 bits per heavy atom. The molecule has 5 heteroatoms. The molecule has 2 aliphatic rings. The zero-order valence-electron chi connectivity index (χ0n) is 15.0. The zero-order valence-corrected chi connectivity index (χ0v) is 15.0. The SMILES string of the molecule is CN1c2cc(-c3nccn3C)c(C3CC3)cc2CN1c1ccc(F)cc1. The van der Waals surface area contributed by atoms with Crippen molar-refractivity contribution in [2.45, 2.75) is 25.3 Å². The molecule has 1 fully saturated rings. The Morgan fingerprint density at radius 2 is 1.85 bits per heavy atom. The summed E-state index contributed by atoms with van der Waals surface area (Å²) in [7, 11) is 4.11. The fourth-order valence-corrected chi connectivity index (χ4v) is 3.91. The molecular formula is C21H21FN4. The molecule has 0 saturated heterocycles. The summed E-state index contributed by atoms with van der Waals surface area (Å²) in [5.41, 5.74) is 6.14. The van der Waals surface area contributed by atoms with Crippen LogP contribution in [0, 0.1) is 5.82 Å². The second-order valence-electron chi connectivity index (χ2n) is 7.26. The van der Waals surface area contributed by atoms with Crippen LogP contribution in [0.2, 0.25) is 0 Å². The number of imidazole rings is 1. The van der Waals surface area contributed by atoms with Gasteiger partial charge in [-0.15, -0.1) is 0 Å². The number of hydrogen-bond acceptors (Lipinski definition) is 3. The summed E-state index contributed by atoms with van der Waals surface area (Å²) in [5.74, 6) is 1.46. The van der Waals surface area contributed by atoms with Crippen molar-refractivity contribution in [1.29, 1.82) is 0 Å². The summed E-state index contributed by atoms with van der Waals surface area (Å²) in [6.07, 6.45) is 6.36. The van der Waals surface area contributed by atoms with E-state index in [0.717, 1.165) is 18.1 Å². The lowest BCUT2D eigenvalue weighted by atomic mass is 9.98. The quantitative estimate of drug-likeness (QED) is 0.698. The van der Waals surface area contributed by atoms with E-state index in [2.05, 4.69) is 38.7 Å². The standard InChI is InChI=1S/C21H21FN4/c1-24-10-9-23-21(24)19-12-20-15(11-18(19)14-3-4-14)13-26(25(20)2)17-7-5-16(22)6-8-17/h5-12,14H,3-4,13H2,1-2H3. The number of benzene rings is 2. The highest BCUT2D eigenvalue weighted by atomic mass is 19.1. The lowest BCUT2D eigenvalue weighted by Gasteiger charge is -2.28. The van der Waals surface area contributed by atoms with Gasteiger partial charge in [-0.1, -0.05) is 6.07 Å². The van der Waals surface area contributed by atoms with Crippen LogP contribution in [0.4, 0.5) is 15.8 Å². The Kier molecular flexibility index (Phi) is 3.32. The summed E-state index contributed by atoms with van der Waals surface area (Å²) in [4.78, 5) is 4.58. The molecule has 0 amide bonds. The molecule has 4 nitrogen and oxygen atoms in total. The normalized spacial score (nSPS) is 16.3. The Hall–Kier alpha value is -2.82. The van der Waals surface area contributed by atoms with Crippen LogP contribution in [-0.2, 0) is 13.6 Å². The third-order valence-electron chi connectivity index (χ3n) is 5.49. The number of hydrogen-bond donors (Lipinski definition) is 0. The molecule has 0 radical (unpaired) electrons. The van der Waals surface area contributed by atoms with Gasteiger partial charge in [-0.3, -0.25) is 10.0 Å². The van der Waals surface area contributed by atoms with Crippen molar-refractivity contribution in [3.8, 4) is 11.4 Å². The first-order chi connectivity index (χ1) is 12.6. The molecule has 132 valence electrons. The van der Waals surface area contributed by atoms with E-state index >= 15 is 0 Å². The van der Waals surface area contributed by atoms with Gasteiger partial charge in [0.15, 0.2) is 0 Å². The van der Waals surface area contributed by atoms with E-state index in [-0.39, 0.29) is 5.82 Å². The van der Waals surface area contributed by atoms with Gasteiger partial charge in [-0.25, -0.2) is 9.37 Å². The maximum Gasteiger partial charge on any atom is 0.139 e. The molecule has 0 atom stereocenters. The molecule has 26 heavy (non-hydrogen) atoms. The highest BCUT2D eigenvalue weighted by molar-refractivity contribution is 5.76. The Balaban J connectivity index is 1.59. The minimum Gasteiger partial charge on any atom is -0.334 e. The fourth-order valence-electron chi connectivity index (χ4n) is 3.91. The average Bonchev–Trinajstić information content (AvgIpc) is 3.33. The van der Waals surface area contributed by atoms with E-state index in [1.165, 1.54) is 47.4 Å². The van der Waals surface area contributed by atoms with Crippen molar-refractivity contribution in [3.63, 3.8) is 0 Å². The van der Waals surface area contributed by atoms with Crippen LogP contribution in [0.3, 0.4) is 0 Å². The van der Waals surface area contributed by atoms with Gasteiger partial charge in [-0.2, -0.15) is 0 Å². The van der Waals surface area contributed by atoms with Crippen LogP contribution in [0.15, 0.2) is 48.8 Å². The minimum absolute atomic E-state index is 0.207. The van der Waals surface area contributed by atoms with E-state index in [0.29, 0.717) is 5.92 Å². The van der Waals surface area contributed by atoms with Gasteiger partial charge in [-0.05, 0) is 60.2 Å². The van der Waals surface area contributed by atoms with Crippen molar-refractivity contribution in [1.82, 2.24) is 9.55 Å². The number of aromatic nitrogens is 2. The highest BCUT2D eigenvalue weighted by Gasteiger charge is 2.32. The van der Waals surface area contributed by atoms with Gasteiger partial charge < -0.3 is 4.57 Å². The lowest BCUT2D eigenvalue weighted by Crippen LogP contribution is -2.33. The second kappa shape index (κ2) is 5.59. The molecule has 1 aliphatic heterocycles. The lowest BCUT2D eigenvalue weighted by molar-refractivity contribution is 0.627. The van der Waals surface area contributed by atoms with E-state index in [1.54, 1.807) is 0 Å². The average molecular weight is 348 g/mol. The fraction of sp³-hybridized carbons (Fsp3) is 0.286. The summed E-state index contributed by atoms with van der Waals surface area (Å²) in [5, 5.41) is 4.34.